The molecule has 1 aromatic rings. The summed E-state index contributed by atoms with van der Waals surface area (Å²) in [5.41, 5.74) is 1.39. The summed E-state index contributed by atoms with van der Waals surface area (Å²) in [7, 11) is 0. The van der Waals surface area contributed by atoms with Crippen molar-refractivity contribution < 1.29 is 5.11 Å². The number of rotatable bonds is 8. The highest BCUT2D eigenvalue weighted by Crippen LogP contribution is 2.22. The maximum absolute atomic E-state index is 9.01. The molecule has 0 saturated carbocycles. The molecule has 2 nitrogen and oxygen atoms in total. The fourth-order valence-electron chi connectivity index (χ4n) is 1.83. The Balaban J connectivity index is 2.46. The van der Waals surface area contributed by atoms with E-state index < -0.39 is 0 Å². The first-order chi connectivity index (χ1) is 8.67. The van der Waals surface area contributed by atoms with Crippen molar-refractivity contribution in [2.24, 2.45) is 0 Å². The molecule has 0 fully saturated rings. The Kier molecular flexibility index (Phi) is 7.40. The molecule has 0 saturated heterocycles. The summed E-state index contributed by atoms with van der Waals surface area (Å²) < 4.78 is 0. The van der Waals surface area contributed by atoms with Crippen molar-refractivity contribution in [3.8, 4) is 0 Å². The molecule has 1 unspecified atom stereocenters. The topological polar surface area (TPSA) is 32.3 Å². The van der Waals surface area contributed by atoms with Gasteiger partial charge in [0.1, 0.15) is 0 Å². The average Bonchev–Trinajstić information content (AvgIpc) is 2.37. The van der Waals surface area contributed by atoms with Gasteiger partial charge in [-0.3, -0.25) is 0 Å². The molecule has 1 atom stereocenters. The second-order valence-corrected chi connectivity index (χ2v) is 5.90. The molecule has 0 aromatic heterocycles. The third-order valence-electron chi connectivity index (χ3n) is 2.97. The average molecular weight is 267 g/mol. The van der Waals surface area contributed by atoms with E-state index in [-0.39, 0.29) is 6.61 Å². The number of aliphatic hydroxyl groups excluding tert-OH is 1. The number of hydrogen-bond acceptors (Lipinski definition) is 3. The van der Waals surface area contributed by atoms with E-state index in [2.05, 4.69) is 50.4 Å². The summed E-state index contributed by atoms with van der Waals surface area (Å²) >= 11 is 1.86. The van der Waals surface area contributed by atoms with Gasteiger partial charge in [0.15, 0.2) is 0 Å². The maximum atomic E-state index is 9.01. The summed E-state index contributed by atoms with van der Waals surface area (Å²) in [6.07, 6.45) is 0.824. The van der Waals surface area contributed by atoms with E-state index in [4.69, 9.17) is 5.11 Å². The molecule has 0 aliphatic rings. The fourth-order valence-corrected chi connectivity index (χ4v) is 2.84. The summed E-state index contributed by atoms with van der Waals surface area (Å²) in [6.45, 7) is 7.74. The van der Waals surface area contributed by atoms with Crippen LogP contribution in [0.4, 0.5) is 0 Å². The molecule has 0 spiro atoms. The summed E-state index contributed by atoms with van der Waals surface area (Å²) in [4.78, 5) is 1.31. The van der Waals surface area contributed by atoms with Crippen molar-refractivity contribution in [2.75, 3.05) is 18.9 Å². The van der Waals surface area contributed by atoms with Crippen LogP contribution in [0.5, 0.6) is 0 Å². The Hall–Kier alpha value is -0.510. The predicted molar refractivity (Wildman–Crippen MR) is 80.4 cm³/mol. The van der Waals surface area contributed by atoms with Gasteiger partial charge in [-0.05, 0) is 36.6 Å². The Morgan fingerprint density at radius 1 is 1.22 bits per heavy atom. The Labute approximate surface area is 115 Å². The smallest absolute Gasteiger partial charge is 0.0446 e. The molecule has 0 radical (unpaired) electrons. The van der Waals surface area contributed by atoms with E-state index in [1.165, 1.54) is 10.5 Å². The van der Waals surface area contributed by atoms with E-state index in [1.54, 1.807) is 0 Å². The third-order valence-corrected chi connectivity index (χ3v) is 4.14. The van der Waals surface area contributed by atoms with E-state index in [0.29, 0.717) is 12.0 Å². The van der Waals surface area contributed by atoms with Crippen LogP contribution in [0.3, 0.4) is 0 Å². The highest BCUT2D eigenvalue weighted by Gasteiger charge is 2.07. The molecule has 102 valence electrons. The molecule has 0 aliphatic heterocycles. The van der Waals surface area contributed by atoms with Gasteiger partial charge in [-0.15, -0.1) is 11.8 Å². The van der Waals surface area contributed by atoms with Gasteiger partial charge < -0.3 is 10.4 Å². The molecule has 0 amide bonds. The van der Waals surface area contributed by atoms with Gasteiger partial charge >= 0.3 is 0 Å². The van der Waals surface area contributed by atoms with E-state index >= 15 is 0 Å². The van der Waals surface area contributed by atoms with Gasteiger partial charge in [-0.2, -0.15) is 0 Å². The van der Waals surface area contributed by atoms with Crippen LogP contribution in [0.15, 0.2) is 29.2 Å². The highest BCUT2D eigenvalue weighted by atomic mass is 32.2. The molecule has 2 N–H and O–H groups in total. The summed E-state index contributed by atoms with van der Waals surface area (Å²) in [5, 5.41) is 12.4. The second kappa shape index (κ2) is 8.57. The first-order valence-electron chi connectivity index (χ1n) is 6.74. The van der Waals surface area contributed by atoms with Crippen LogP contribution < -0.4 is 5.32 Å². The molecule has 18 heavy (non-hydrogen) atoms. The summed E-state index contributed by atoms with van der Waals surface area (Å²) in [5.74, 6) is 1.60. The first kappa shape index (κ1) is 15.5. The van der Waals surface area contributed by atoms with E-state index in [1.807, 2.05) is 11.8 Å². The number of benzene rings is 1. The Morgan fingerprint density at radius 2 is 1.89 bits per heavy atom. The van der Waals surface area contributed by atoms with E-state index in [0.717, 1.165) is 18.7 Å². The largest absolute Gasteiger partial charge is 0.396 e. The lowest BCUT2D eigenvalue weighted by molar-refractivity contribution is 0.271. The normalized spacial score (nSPS) is 12.9. The SMILES string of the molecule is CCNC(CCO)CSc1ccc(C(C)C)cc1. The molecular formula is C15H25NOS. The zero-order chi connectivity index (χ0) is 13.4. The van der Waals surface area contributed by atoms with Gasteiger partial charge in [-0.25, -0.2) is 0 Å². The van der Waals surface area contributed by atoms with Gasteiger partial charge in [0, 0.05) is 23.3 Å². The monoisotopic (exact) mass is 267 g/mol. The van der Waals surface area contributed by atoms with Crippen LogP contribution in [-0.4, -0.2) is 30.1 Å². The minimum Gasteiger partial charge on any atom is -0.396 e. The van der Waals surface area contributed by atoms with Crippen LogP contribution >= 0.6 is 11.8 Å². The van der Waals surface area contributed by atoms with Gasteiger partial charge in [0.05, 0.1) is 0 Å². The predicted octanol–water partition coefficient (Wildman–Crippen LogP) is 3.26. The number of hydrogen-bond donors (Lipinski definition) is 2. The van der Waals surface area contributed by atoms with Crippen molar-refractivity contribution in [1.29, 1.82) is 0 Å². The van der Waals surface area contributed by atoms with Gasteiger partial charge in [0.2, 0.25) is 0 Å². The number of aliphatic hydroxyl groups is 1. The van der Waals surface area contributed by atoms with Crippen LogP contribution in [0.2, 0.25) is 0 Å². The quantitative estimate of drug-likeness (QED) is 0.709. The standard InChI is InChI=1S/C15H25NOS/c1-4-16-14(9-10-17)11-18-15-7-5-13(6-8-15)12(2)3/h5-8,12,14,16-17H,4,9-11H2,1-3H3. The van der Waals surface area contributed by atoms with Crippen molar-refractivity contribution in [2.45, 2.75) is 44.0 Å². The van der Waals surface area contributed by atoms with Crippen LogP contribution in [-0.2, 0) is 0 Å². The first-order valence-corrected chi connectivity index (χ1v) is 7.73. The van der Waals surface area contributed by atoms with Gasteiger partial charge in [0.25, 0.3) is 0 Å². The van der Waals surface area contributed by atoms with E-state index in [9.17, 15) is 0 Å². The van der Waals surface area contributed by atoms with Crippen LogP contribution in [0, 0.1) is 0 Å². The Morgan fingerprint density at radius 3 is 2.39 bits per heavy atom. The Bertz CT molecular complexity index is 318. The zero-order valence-electron chi connectivity index (χ0n) is 11.6. The minimum absolute atomic E-state index is 0.254. The lowest BCUT2D eigenvalue weighted by atomic mass is 10.0. The lowest BCUT2D eigenvalue weighted by Gasteiger charge is -2.16. The van der Waals surface area contributed by atoms with Crippen molar-refractivity contribution >= 4 is 11.8 Å². The molecule has 0 heterocycles. The van der Waals surface area contributed by atoms with Crippen molar-refractivity contribution in [1.82, 2.24) is 5.32 Å². The molecule has 1 aromatic carbocycles. The minimum atomic E-state index is 0.254. The molecular weight excluding hydrogens is 242 g/mol. The molecule has 1 rings (SSSR count). The van der Waals surface area contributed by atoms with Gasteiger partial charge in [-0.1, -0.05) is 32.9 Å². The highest BCUT2D eigenvalue weighted by molar-refractivity contribution is 7.99. The number of thioether (sulfide) groups is 1. The molecule has 0 bridgehead atoms. The third kappa shape index (κ3) is 5.42. The summed E-state index contributed by atoms with van der Waals surface area (Å²) in [6, 6.07) is 9.21. The fraction of sp³-hybridized carbons (Fsp3) is 0.600. The second-order valence-electron chi connectivity index (χ2n) is 4.80. The molecule has 3 heteroatoms. The number of nitrogens with one attached hydrogen (secondary N) is 1. The van der Waals surface area contributed by atoms with Crippen LogP contribution in [0.25, 0.3) is 0 Å². The zero-order valence-corrected chi connectivity index (χ0v) is 12.5. The molecule has 0 aliphatic carbocycles. The lowest BCUT2D eigenvalue weighted by Crippen LogP contribution is -2.31. The maximum Gasteiger partial charge on any atom is 0.0446 e. The van der Waals surface area contributed by atoms with Crippen molar-refractivity contribution in [3.05, 3.63) is 29.8 Å². The van der Waals surface area contributed by atoms with Crippen molar-refractivity contribution in [3.63, 3.8) is 0 Å². The van der Waals surface area contributed by atoms with Crippen LogP contribution in [0.1, 0.15) is 38.7 Å².